The second kappa shape index (κ2) is 15.8. The molecule has 8 N–H and O–H groups in total. The number of carboxylic acid groups (broad SMARTS) is 4. The van der Waals surface area contributed by atoms with Gasteiger partial charge in [-0.15, -0.1) is 0 Å². The summed E-state index contributed by atoms with van der Waals surface area (Å²) in [7, 11) is 0. The number of carbonyl (C=O) groups is 4. The van der Waals surface area contributed by atoms with Crippen LogP contribution in [0, 0.1) is 0 Å². The van der Waals surface area contributed by atoms with Gasteiger partial charge in [-0.2, -0.15) is 0 Å². The van der Waals surface area contributed by atoms with Crippen LogP contribution in [-0.4, -0.2) is 55.4 Å². The summed E-state index contributed by atoms with van der Waals surface area (Å²) >= 11 is 0. The largest absolute Gasteiger partial charge is 1.00 e. The minimum absolute atomic E-state index is 0. The van der Waals surface area contributed by atoms with E-state index in [1.54, 1.807) is 0 Å². The molecule has 0 spiro atoms. The second-order valence-corrected chi connectivity index (χ2v) is 4.59. The molecule has 0 saturated heterocycles. The van der Waals surface area contributed by atoms with Crippen LogP contribution in [0.3, 0.4) is 0 Å². The Morgan fingerprint density at radius 3 is 0.750 bits per heavy atom. The van der Waals surface area contributed by atoms with E-state index in [-0.39, 0.29) is 118 Å². The van der Waals surface area contributed by atoms with Crippen LogP contribution in [0.4, 0.5) is 0 Å². The summed E-state index contributed by atoms with van der Waals surface area (Å²) in [6.07, 6.45) is -3.90. The molecule has 0 aromatic rings. The predicted octanol–water partition coefficient (Wildman–Crippen LogP) is -13.7. The van der Waals surface area contributed by atoms with Crippen LogP contribution in [0.1, 0.15) is 25.7 Å². The van der Waals surface area contributed by atoms with E-state index in [2.05, 4.69) is 0 Å². The molecule has 0 aliphatic carbocycles. The molecule has 0 saturated carbocycles. The standard InChI is InChI=1S/C10H16N2O8.4Na/c11-9(1-5(13)14,2-6(15)16)10(12,3-7(17)18)4-8(19)20;;;;/h1-4,11-12H2,(H,13,14)(H,15,16)(H,17,18)(H,19,20);;;;/q;4*+1. The minimum atomic E-state index is -2.22. The smallest absolute Gasteiger partial charge is 0.481 e. The van der Waals surface area contributed by atoms with Crippen LogP contribution >= 0.6 is 0 Å². The van der Waals surface area contributed by atoms with Crippen LogP contribution in [0.25, 0.3) is 0 Å². The minimum Gasteiger partial charge on any atom is -0.481 e. The fourth-order valence-electron chi connectivity index (χ4n) is 1.91. The molecule has 0 unspecified atom stereocenters. The van der Waals surface area contributed by atoms with Gasteiger partial charge in [0.1, 0.15) is 0 Å². The van der Waals surface area contributed by atoms with Crippen molar-refractivity contribution in [2.24, 2.45) is 11.5 Å². The van der Waals surface area contributed by atoms with E-state index in [0.717, 1.165) is 0 Å². The molecule has 0 atom stereocenters. The molecule has 0 aliphatic heterocycles. The van der Waals surface area contributed by atoms with E-state index in [0.29, 0.717) is 0 Å². The second-order valence-electron chi connectivity index (χ2n) is 4.59. The van der Waals surface area contributed by atoms with Gasteiger partial charge in [0.05, 0.1) is 36.8 Å². The van der Waals surface area contributed by atoms with Gasteiger partial charge in [-0.3, -0.25) is 19.2 Å². The molecule has 0 aliphatic rings. The van der Waals surface area contributed by atoms with Gasteiger partial charge in [0, 0.05) is 0 Å². The molecule has 24 heavy (non-hydrogen) atoms. The van der Waals surface area contributed by atoms with Gasteiger partial charge in [-0.1, -0.05) is 0 Å². The summed E-state index contributed by atoms with van der Waals surface area (Å²) in [5.74, 6) is -6.06. The fourth-order valence-corrected chi connectivity index (χ4v) is 1.91. The van der Waals surface area contributed by atoms with Gasteiger partial charge < -0.3 is 31.9 Å². The van der Waals surface area contributed by atoms with Crippen molar-refractivity contribution in [3.8, 4) is 0 Å². The SMILES string of the molecule is NC(CC(=O)O)(CC(=O)O)C(N)(CC(=O)O)CC(=O)O.[Na+].[Na+].[Na+].[Na+]. The number of carboxylic acids is 4. The first-order valence-corrected chi connectivity index (χ1v) is 5.37. The Kier molecular flexibility index (Phi) is 24.2. The Hall–Kier alpha value is 1.80. The molecule has 0 fully saturated rings. The van der Waals surface area contributed by atoms with E-state index in [1.165, 1.54) is 0 Å². The molecule has 0 bridgehead atoms. The fraction of sp³-hybridized carbons (Fsp3) is 0.600. The summed E-state index contributed by atoms with van der Waals surface area (Å²) in [4.78, 5) is 43.2. The summed E-state index contributed by atoms with van der Waals surface area (Å²) in [5.41, 5.74) is 6.88. The monoisotopic (exact) mass is 384 g/mol. The number of rotatable bonds is 9. The third kappa shape index (κ3) is 13.0. The average molecular weight is 384 g/mol. The van der Waals surface area contributed by atoms with Crippen molar-refractivity contribution in [3.63, 3.8) is 0 Å². The van der Waals surface area contributed by atoms with Gasteiger partial charge in [-0.05, 0) is 0 Å². The molecular weight excluding hydrogens is 368 g/mol. The van der Waals surface area contributed by atoms with Gasteiger partial charge >= 0.3 is 142 Å². The van der Waals surface area contributed by atoms with Gasteiger partial charge in [-0.25, -0.2) is 0 Å². The Labute approximate surface area is 226 Å². The summed E-state index contributed by atoms with van der Waals surface area (Å²) in [6.45, 7) is 0. The molecule has 0 aromatic carbocycles. The van der Waals surface area contributed by atoms with Crippen molar-refractivity contribution < 1.29 is 158 Å². The maximum atomic E-state index is 10.8. The zero-order valence-electron chi connectivity index (χ0n) is 14.4. The number of hydrogen-bond donors (Lipinski definition) is 6. The third-order valence-corrected chi connectivity index (χ3v) is 2.86. The first-order valence-electron chi connectivity index (χ1n) is 5.37. The Balaban J connectivity index is -0.000000301. The predicted molar refractivity (Wildman–Crippen MR) is 62.8 cm³/mol. The van der Waals surface area contributed by atoms with Crippen molar-refractivity contribution in [1.29, 1.82) is 0 Å². The van der Waals surface area contributed by atoms with E-state index >= 15 is 0 Å². The quantitative estimate of drug-likeness (QED) is 0.207. The van der Waals surface area contributed by atoms with Crippen molar-refractivity contribution in [2.75, 3.05) is 0 Å². The molecule has 0 amide bonds. The van der Waals surface area contributed by atoms with Crippen LogP contribution in [-0.2, 0) is 19.2 Å². The van der Waals surface area contributed by atoms with Crippen molar-refractivity contribution in [1.82, 2.24) is 0 Å². The van der Waals surface area contributed by atoms with E-state index in [9.17, 15) is 19.2 Å². The Bertz CT molecular complexity index is 377. The first-order chi connectivity index (χ1) is 8.92. The molecular formula is C10H16N2Na4O8+4. The van der Waals surface area contributed by atoms with E-state index in [4.69, 9.17) is 31.9 Å². The molecule has 14 heteroatoms. The van der Waals surface area contributed by atoms with E-state index < -0.39 is 60.6 Å². The summed E-state index contributed by atoms with van der Waals surface area (Å²) in [5, 5.41) is 35.1. The number of hydrogen-bond acceptors (Lipinski definition) is 6. The number of aliphatic carboxylic acids is 4. The molecule has 0 heterocycles. The Morgan fingerprint density at radius 2 is 0.667 bits per heavy atom. The van der Waals surface area contributed by atoms with Crippen molar-refractivity contribution in [3.05, 3.63) is 0 Å². The normalized spacial score (nSPS) is 9.92. The number of nitrogens with two attached hydrogens (primary N) is 2. The maximum absolute atomic E-state index is 10.8. The summed E-state index contributed by atoms with van der Waals surface area (Å²) < 4.78 is 0. The van der Waals surface area contributed by atoms with Crippen LogP contribution < -0.4 is 130 Å². The zero-order chi connectivity index (χ0) is 16.1. The topological polar surface area (TPSA) is 201 Å². The van der Waals surface area contributed by atoms with E-state index in [1.807, 2.05) is 0 Å². The van der Waals surface area contributed by atoms with Gasteiger partial charge in [0.25, 0.3) is 0 Å². The molecule has 0 aromatic heterocycles. The zero-order valence-corrected chi connectivity index (χ0v) is 22.4. The third-order valence-electron chi connectivity index (χ3n) is 2.86. The van der Waals surface area contributed by atoms with Crippen LogP contribution in [0.2, 0.25) is 0 Å². The van der Waals surface area contributed by atoms with Gasteiger partial charge in [0.2, 0.25) is 0 Å². The van der Waals surface area contributed by atoms with Gasteiger partial charge in [0.15, 0.2) is 0 Å². The van der Waals surface area contributed by atoms with Crippen molar-refractivity contribution in [2.45, 2.75) is 36.8 Å². The Morgan fingerprint density at radius 1 is 0.542 bits per heavy atom. The molecule has 0 radical (unpaired) electrons. The molecule has 0 rings (SSSR count). The average Bonchev–Trinajstić information content (AvgIpc) is 2.10. The molecule has 10 nitrogen and oxygen atoms in total. The first kappa shape index (κ1) is 36.7. The van der Waals surface area contributed by atoms with Crippen molar-refractivity contribution >= 4 is 23.9 Å². The summed E-state index contributed by atoms with van der Waals surface area (Å²) in [6, 6.07) is 0. The van der Waals surface area contributed by atoms with Crippen LogP contribution in [0.15, 0.2) is 0 Å². The van der Waals surface area contributed by atoms with Crippen LogP contribution in [0.5, 0.6) is 0 Å². The maximum Gasteiger partial charge on any atom is 1.00 e. The molecule has 114 valence electrons.